The van der Waals surface area contributed by atoms with E-state index >= 15 is 0 Å². The zero-order valence-electron chi connectivity index (χ0n) is 34.6. The van der Waals surface area contributed by atoms with Gasteiger partial charge in [0.25, 0.3) is 0 Å². The summed E-state index contributed by atoms with van der Waals surface area (Å²) in [6.07, 6.45) is 23.8. The topological polar surface area (TPSA) is 136 Å². The van der Waals surface area contributed by atoms with E-state index in [0.29, 0.717) is 0 Å². The van der Waals surface area contributed by atoms with E-state index in [1.54, 1.807) is 43.7 Å². The van der Waals surface area contributed by atoms with Crippen LogP contribution in [0.4, 0.5) is 0 Å². The molecule has 0 bridgehead atoms. The number of fused-ring (bicyclic) bond motifs is 15. The molecule has 13 heterocycles. The minimum absolute atomic E-state index is 0. The van der Waals surface area contributed by atoms with E-state index in [-0.39, 0.29) is 79.2 Å². The van der Waals surface area contributed by atoms with E-state index < -0.39 is 0 Å². The predicted octanol–water partition coefficient (Wildman–Crippen LogP) is 13.9. The molecule has 0 unspecified atom stereocenters. The van der Waals surface area contributed by atoms with Gasteiger partial charge in [0.15, 0.2) is 5.58 Å². The molecule has 11 aromatic heterocycles. The first kappa shape index (κ1) is 59.7. The third kappa shape index (κ3) is 11.0. The van der Waals surface area contributed by atoms with E-state index in [1.165, 1.54) is 33.0 Å². The summed E-state index contributed by atoms with van der Waals surface area (Å²) in [5.41, 5.74) is 13.6. The molecule has 2 N–H and O–H groups in total. The molecule has 2 aliphatic heterocycles. The number of nitrogens with zero attached hydrogens (tertiary/aromatic N) is 5. The molecule has 11 aromatic rings. The largest absolute Gasteiger partial charge is 0.464 e. The summed E-state index contributed by atoms with van der Waals surface area (Å²) in [4.78, 5) is 10.4. The van der Waals surface area contributed by atoms with Gasteiger partial charge in [0.1, 0.15) is 22.4 Å². The molecule has 17 heteroatoms. The Labute approximate surface area is 417 Å². The van der Waals surface area contributed by atoms with E-state index in [4.69, 9.17) is 22.1 Å². The lowest BCUT2D eigenvalue weighted by atomic mass is 10.1. The fourth-order valence-electron chi connectivity index (χ4n) is 7.60. The lowest BCUT2D eigenvalue weighted by Gasteiger charge is -1.98. The fourth-order valence-corrected chi connectivity index (χ4v) is 7.60. The van der Waals surface area contributed by atoms with Crippen LogP contribution in [0.2, 0.25) is 0 Å². The number of imidazole rings is 1. The number of furan rings is 5. The Morgan fingerprint density at radius 3 is 1.84 bits per heavy atom. The monoisotopic (exact) mass is 922 g/mol. The molecule has 4 aliphatic rings. The molecule has 0 saturated heterocycles. The van der Waals surface area contributed by atoms with Gasteiger partial charge in [-0.3, -0.25) is 4.40 Å². The maximum absolute atomic E-state index is 5.28. The van der Waals surface area contributed by atoms with Crippen LogP contribution in [0.15, 0.2) is 212 Å². The fraction of sp³-hybridized carbons (Fsp3) is 0.0943. The number of nitrogens with one attached hydrogen (secondary N) is 2. The van der Waals surface area contributed by atoms with Crippen LogP contribution in [0.5, 0.6) is 0 Å². The van der Waals surface area contributed by atoms with Crippen LogP contribution in [0.1, 0.15) is 37.1 Å². The SMILES string of the molecule is C.C.C.C.C.[B].[B].[B].[B].[B].c1cc2[nH]cc3occc3c-2c1.c1cc2c3ccoc3ccn2c1.c1cc2c3ccoc3ccn2n1.c1cc2c[nH]c3occc3c-2c1.c1cn2c(ccc3occc32)n1. The lowest BCUT2D eigenvalue weighted by molar-refractivity contribution is 0.603. The Morgan fingerprint density at radius 1 is 0.414 bits per heavy atom. The van der Waals surface area contributed by atoms with Gasteiger partial charge < -0.3 is 36.5 Å². The van der Waals surface area contributed by atoms with Crippen molar-refractivity contribution in [2.75, 3.05) is 0 Å². The van der Waals surface area contributed by atoms with Crippen molar-refractivity contribution in [3.8, 4) is 22.4 Å². The molecule has 15 rings (SSSR count). The average molecular weight is 922 g/mol. The Bertz CT molecular complexity index is 3250. The number of aromatic amines is 2. The van der Waals surface area contributed by atoms with Crippen molar-refractivity contribution < 1.29 is 22.1 Å². The van der Waals surface area contributed by atoms with Crippen LogP contribution in [-0.2, 0) is 0 Å². The number of hydrogen-bond donors (Lipinski definition) is 2. The predicted molar refractivity (Wildman–Crippen MR) is 294 cm³/mol. The maximum atomic E-state index is 5.28. The molecule has 0 fully saturated rings. The summed E-state index contributed by atoms with van der Waals surface area (Å²) in [7, 11) is 0. The van der Waals surface area contributed by atoms with Crippen molar-refractivity contribution in [3.05, 3.63) is 190 Å². The number of pyridine rings is 5. The van der Waals surface area contributed by atoms with Crippen LogP contribution < -0.4 is 0 Å². The summed E-state index contributed by atoms with van der Waals surface area (Å²) in [5, 5.41) is 8.72. The lowest BCUT2D eigenvalue weighted by Crippen LogP contribution is -1.83. The van der Waals surface area contributed by atoms with Crippen molar-refractivity contribution >= 4 is 114 Å². The summed E-state index contributed by atoms with van der Waals surface area (Å²) in [5.74, 6) is 0. The molecular formula is C53H53B5N7O5. The van der Waals surface area contributed by atoms with Crippen molar-refractivity contribution in [2.24, 2.45) is 0 Å². The number of rotatable bonds is 0. The summed E-state index contributed by atoms with van der Waals surface area (Å²) >= 11 is 0. The highest BCUT2D eigenvalue weighted by atomic mass is 16.3. The smallest absolute Gasteiger partial charge is 0.204 e. The molecule has 0 amide bonds. The highest BCUT2D eigenvalue weighted by molar-refractivity contribution is 5.95. The Hall–Kier alpha value is -8.32. The van der Waals surface area contributed by atoms with E-state index in [9.17, 15) is 0 Å². The van der Waals surface area contributed by atoms with Crippen molar-refractivity contribution in [2.45, 2.75) is 37.1 Å². The summed E-state index contributed by atoms with van der Waals surface area (Å²) in [6, 6.07) is 36.1. The normalized spacial score (nSPS) is 9.71. The first-order chi connectivity index (χ1) is 29.7. The second kappa shape index (κ2) is 25.7. The first-order valence-electron chi connectivity index (χ1n) is 19.1. The minimum atomic E-state index is 0. The van der Waals surface area contributed by atoms with E-state index in [2.05, 4.69) is 54.8 Å². The van der Waals surface area contributed by atoms with Gasteiger partial charge in [0.05, 0.1) is 54.1 Å². The molecule has 0 aromatic carbocycles. The van der Waals surface area contributed by atoms with Gasteiger partial charge in [0.2, 0.25) is 5.71 Å². The second-order valence-corrected chi connectivity index (χ2v) is 13.8. The number of hydrogen-bond acceptors (Lipinski definition) is 7. The van der Waals surface area contributed by atoms with Gasteiger partial charge in [-0.1, -0.05) is 67.5 Å². The Morgan fingerprint density at radius 2 is 1.06 bits per heavy atom. The third-order valence-electron chi connectivity index (χ3n) is 10.5. The minimum Gasteiger partial charge on any atom is -0.464 e. The zero-order chi connectivity index (χ0) is 39.8. The second-order valence-electron chi connectivity index (χ2n) is 13.8. The van der Waals surface area contributed by atoms with Gasteiger partial charge in [0, 0.05) is 124 Å². The molecule has 70 heavy (non-hydrogen) atoms. The number of H-pyrrole nitrogens is 2. The van der Waals surface area contributed by atoms with Gasteiger partial charge in [-0.05, 0) is 83.9 Å². The van der Waals surface area contributed by atoms with E-state index in [1.807, 2.05) is 125 Å². The molecule has 12 nitrogen and oxygen atoms in total. The maximum Gasteiger partial charge on any atom is 0.204 e. The summed E-state index contributed by atoms with van der Waals surface area (Å²) in [6.45, 7) is 0. The average Bonchev–Trinajstić information content (AvgIpc) is 4.11. The van der Waals surface area contributed by atoms with E-state index in [0.717, 1.165) is 61.2 Å². The van der Waals surface area contributed by atoms with Crippen molar-refractivity contribution in [3.63, 3.8) is 0 Å². The third-order valence-corrected chi connectivity index (χ3v) is 10.5. The molecule has 15 radical (unpaired) electrons. The van der Waals surface area contributed by atoms with Crippen LogP contribution in [0.3, 0.4) is 0 Å². The number of aromatic nitrogens is 7. The quantitative estimate of drug-likeness (QED) is 0.145. The first-order valence-corrected chi connectivity index (χ1v) is 19.1. The van der Waals surface area contributed by atoms with Crippen molar-refractivity contribution in [1.82, 2.24) is 33.4 Å². The van der Waals surface area contributed by atoms with Gasteiger partial charge in [-0.25, -0.2) is 9.50 Å². The summed E-state index contributed by atoms with van der Waals surface area (Å²) < 4.78 is 32.2. The van der Waals surface area contributed by atoms with Gasteiger partial charge in [-0.15, -0.1) is 0 Å². The molecule has 345 valence electrons. The van der Waals surface area contributed by atoms with Gasteiger partial charge in [-0.2, -0.15) is 5.10 Å². The highest BCUT2D eigenvalue weighted by Crippen LogP contribution is 2.31. The van der Waals surface area contributed by atoms with Crippen LogP contribution in [0.25, 0.3) is 94.2 Å². The van der Waals surface area contributed by atoms with Crippen LogP contribution in [0, 0.1) is 0 Å². The Balaban J connectivity index is 0.000000422. The molecule has 2 aliphatic carbocycles. The molecular weight excluding hydrogens is 869 g/mol. The molecule has 0 atom stereocenters. The van der Waals surface area contributed by atoms with Crippen molar-refractivity contribution in [1.29, 1.82) is 0 Å². The Kier molecular flexibility index (Phi) is 21.9. The standard InChI is InChI=1S/3C10H7NO.2C9H6N2O.5CH4.5B/c1-2-9-8-4-7-12-10(8)3-6-11(9)5-1;1-2-7-8-4-5-12-10(8)6-11-9(7)3-1;1-2-7-6-11-10-9(4-5-12-10)8(7)3-1;1-4-10-11-5-2-9-7(8(1)11)3-6-12-9;1-2-9-10-4-5-11(9)7-3-6-12-8(1)7;;;;;;;;;;/h1-7H;2*1-6,11H;2*1-6H;5*1H4;;;;;. The van der Waals surface area contributed by atoms with Crippen LogP contribution in [-0.4, -0.2) is 75.4 Å². The highest BCUT2D eigenvalue weighted by Gasteiger charge is 2.09. The van der Waals surface area contributed by atoms with Crippen LogP contribution >= 0.6 is 0 Å². The molecule has 0 spiro atoms. The molecule has 0 saturated carbocycles. The zero-order valence-corrected chi connectivity index (χ0v) is 34.6. The van der Waals surface area contributed by atoms with Gasteiger partial charge >= 0.3 is 0 Å².